The molecule has 2 aromatic rings. The molecule has 0 saturated carbocycles. The summed E-state index contributed by atoms with van der Waals surface area (Å²) in [5.74, 6) is -3.18. The minimum atomic E-state index is -1.18. The van der Waals surface area contributed by atoms with Gasteiger partial charge in [-0.1, -0.05) is 15.9 Å². The van der Waals surface area contributed by atoms with Crippen LogP contribution in [0.25, 0.3) is 0 Å². The van der Waals surface area contributed by atoms with Crippen LogP contribution in [0.15, 0.2) is 40.9 Å². The lowest BCUT2D eigenvalue weighted by molar-refractivity contribution is 0.0694. The highest BCUT2D eigenvalue weighted by Gasteiger charge is 2.13. The molecule has 0 saturated heterocycles. The van der Waals surface area contributed by atoms with Gasteiger partial charge in [0.1, 0.15) is 17.1 Å². The molecule has 0 bridgehead atoms. The summed E-state index contributed by atoms with van der Waals surface area (Å²) < 4.78 is 31.6. The minimum absolute atomic E-state index is 0.0173. The maximum atomic E-state index is 13.0. The van der Waals surface area contributed by atoms with Crippen LogP contribution < -0.4 is 4.74 Å². The van der Waals surface area contributed by atoms with Crippen LogP contribution in [0.4, 0.5) is 8.78 Å². The van der Waals surface area contributed by atoms with E-state index in [-0.39, 0.29) is 17.1 Å². The number of hydrogen-bond donors (Lipinski definition) is 1. The molecule has 0 aliphatic rings. The second-order valence-corrected chi connectivity index (χ2v) is 4.54. The van der Waals surface area contributed by atoms with Crippen LogP contribution in [0, 0.1) is 11.6 Å². The van der Waals surface area contributed by atoms with Gasteiger partial charge in [-0.3, -0.25) is 0 Å². The van der Waals surface area contributed by atoms with Crippen molar-refractivity contribution in [3.63, 3.8) is 0 Å². The maximum Gasteiger partial charge on any atom is 0.339 e. The van der Waals surface area contributed by atoms with E-state index in [9.17, 15) is 13.6 Å². The van der Waals surface area contributed by atoms with Gasteiger partial charge in [0.15, 0.2) is 11.6 Å². The summed E-state index contributed by atoms with van der Waals surface area (Å²) in [6.45, 7) is 0. The lowest BCUT2D eigenvalue weighted by Gasteiger charge is -2.09. The Labute approximate surface area is 115 Å². The van der Waals surface area contributed by atoms with Crippen molar-refractivity contribution < 1.29 is 23.4 Å². The quantitative estimate of drug-likeness (QED) is 0.917. The number of rotatable bonds is 3. The van der Waals surface area contributed by atoms with Crippen molar-refractivity contribution >= 4 is 21.9 Å². The van der Waals surface area contributed by atoms with Crippen LogP contribution in [-0.4, -0.2) is 11.1 Å². The van der Waals surface area contributed by atoms with E-state index in [0.29, 0.717) is 4.47 Å². The van der Waals surface area contributed by atoms with Crippen molar-refractivity contribution in [1.29, 1.82) is 0 Å². The normalized spacial score (nSPS) is 10.3. The molecule has 1 N–H and O–H groups in total. The molecule has 6 heteroatoms. The van der Waals surface area contributed by atoms with E-state index >= 15 is 0 Å². The van der Waals surface area contributed by atoms with Crippen LogP contribution in [-0.2, 0) is 0 Å². The predicted molar refractivity (Wildman–Crippen MR) is 67.5 cm³/mol. The molecule has 19 heavy (non-hydrogen) atoms. The summed E-state index contributed by atoms with van der Waals surface area (Å²) in [6.07, 6.45) is 0. The number of hydrogen-bond acceptors (Lipinski definition) is 2. The van der Waals surface area contributed by atoms with E-state index in [2.05, 4.69) is 15.9 Å². The fourth-order valence-corrected chi connectivity index (χ4v) is 1.79. The maximum absolute atomic E-state index is 13.0. The SMILES string of the molecule is O=C(O)c1cc(Br)ccc1Oc1ccc(F)c(F)c1. The summed E-state index contributed by atoms with van der Waals surface area (Å²) in [5.41, 5.74) is -0.0842. The standard InChI is InChI=1S/C13H7BrF2O3/c14-7-1-4-12(9(5-7)13(17)18)19-8-2-3-10(15)11(16)6-8/h1-6H,(H,17,18). The molecule has 0 unspecified atom stereocenters. The molecule has 3 nitrogen and oxygen atoms in total. The second-order valence-electron chi connectivity index (χ2n) is 3.62. The van der Waals surface area contributed by atoms with Gasteiger partial charge < -0.3 is 9.84 Å². The molecule has 0 fully saturated rings. The highest BCUT2D eigenvalue weighted by Crippen LogP contribution is 2.28. The number of halogens is 3. The molecule has 0 aromatic heterocycles. The number of ether oxygens (including phenoxy) is 1. The summed E-state index contributed by atoms with van der Waals surface area (Å²) in [6, 6.07) is 7.34. The number of benzene rings is 2. The average molecular weight is 329 g/mol. The van der Waals surface area contributed by atoms with Crippen molar-refractivity contribution in [3.05, 3.63) is 58.1 Å². The first-order valence-electron chi connectivity index (χ1n) is 5.13. The van der Waals surface area contributed by atoms with E-state index in [0.717, 1.165) is 12.1 Å². The molecule has 0 spiro atoms. The zero-order valence-corrected chi connectivity index (χ0v) is 10.9. The number of aromatic carboxylic acids is 1. The highest BCUT2D eigenvalue weighted by atomic mass is 79.9. The Balaban J connectivity index is 2.37. The Bertz CT molecular complexity index is 644. The van der Waals surface area contributed by atoms with Gasteiger partial charge in [-0.15, -0.1) is 0 Å². The molecule has 2 rings (SSSR count). The average Bonchev–Trinajstić information content (AvgIpc) is 2.36. The van der Waals surface area contributed by atoms with Gasteiger partial charge in [0.2, 0.25) is 0 Å². The van der Waals surface area contributed by atoms with Gasteiger partial charge in [0.25, 0.3) is 0 Å². The molecule has 0 aliphatic carbocycles. The lowest BCUT2D eigenvalue weighted by atomic mass is 10.2. The molecule has 0 aliphatic heterocycles. The van der Waals surface area contributed by atoms with Crippen molar-refractivity contribution in [1.82, 2.24) is 0 Å². The summed E-state index contributed by atoms with van der Waals surface area (Å²) >= 11 is 3.14. The summed E-state index contributed by atoms with van der Waals surface area (Å²) in [4.78, 5) is 11.1. The molecule has 0 radical (unpaired) electrons. The fraction of sp³-hybridized carbons (Fsp3) is 0. The van der Waals surface area contributed by atoms with Crippen molar-refractivity contribution in [2.45, 2.75) is 0 Å². The predicted octanol–water partition coefficient (Wildman–Crippen LogP) is 4.22. The van der Waals surface area contributed by atoms with Crippen molar-refractivity contribution in [2.24, 2.45) is 0 Å². The third-order valence-corrected chi connectivity index (χ3v) is 2.78. The summed E-state index contributed by atoms with van der Waals surface area (Å²) in [7, 11) is 0. The lowest BCUT2D eigenvalue weighted by Crippen LogP contribution is -2.00. The molecule has 0 amide bonds. The van der Waals surface area contributed by atoms with Crippen LogP contribution in [0.5, 0.6) is 11.5 Å². The van der Waals surface area contributed by atoms with Gasteiger partial charge in [0, 0.05) is 10.5 Å². The van der Waals surface area contributed by atoms with Gasteiger partial charge >= 0.3 is 5.97 Å². The largest absolute Gasteiger partial charge is 0.478 e. The van der Waals surface area contributed by atoms with Gasteiger partial charge in [0.05, 0.1) is 0 Å². The summed E-state index contributed by atoms with van der Waals surface area (Å²) in [5, 5.41) is 9.03. The molecule has 0 heterocycles. The number of carbonyl (C=O) groups is 1. The number of carboxylic acids is 1. The second kappa shape index (κ2) is 5.36. The van der Waals surface area contributed by atoms with Crippen LogP contribution in [0.2, 0.25) is 0 Å². The van der Waals surface area contributed by atoms with Gasteiger partial charge in [-0.2, -0.15) is 0 Å². The molecular weight excluding hydrogens is 322 g/mol. The van der Waals surface area contributed by atoms with Gasteiger partial charge in [-0.25, -0.2) is 13.6 Å². The topological polar surface area (TPSA) is 46.5 Å². The van der Waals surface area contributed by atoms with E-state index < -0.39 is 17.6 Å². The highest BCUT2D eigenvalue weighted by molar-refractivity contribution is 9.10. The van der Waals surface area contributed by atoms with E-state index in [1.165, 1.54) is 18.2 Å². The Kier molecular flexibility index (Phi) is 3.80. The van der Waals surface area contributed by atoms with Crippen LogP contribution >= 0.6 is 15.9 Å². The Morgan fingerprint density at radius 3 is 2.47 bits per heavy atom. The zero-order valence-electron chi connectivity index (χ0n) is 9.36. The van der Waals surface area contributed by atoms with E-state index in [4.69, 9.17) is 9.84 Å². The third-order valence-electron chi connectivity index (χ3n) is 2.29. The van der Waals surface area contributed by atoms with Crippen molar-refractivity contribution in [2.75, 3.05) is 0 Å². The molecule has 2 aromatic carbocycles. The molecule has 0 atom stereocenters. The zero-order chi connectivity index (χ0) is 14.0. The van der Waals surface area contributed by atoms with Crippen molar-refractivity contribution in [3.8, 4) is 11.5 Å². The first-order valence-corrected chi connectivity index (χ1v) is 5.92. The number of carboxylic acid groups (broad SMARTS) is 1. The molecular formula is C13H7BrF2O3. The molecule has 98 valence electrons. The Morgan fingerprint density at radius 2 is 1.84 bits per heavy atom. The van der Waals surface area contributed by atoms with Gasteiger partial charge in [-0.05, 0) is 30.3 Å². The first kappa shape index (κ1) is 13.5. The first-order chi connectivity index (χ1) is 8.97. The fourth-order valence-electron chi connectivity index (χ4n) is 1.43. The van der Waals surface area contributed by atoms with Crippen LogP contribution in [0.3, 0.4) is 0 Å². The smallest absolute Gasteiger partial charge is 0.339 e. The Hall–Kier alpha value is -1.95. The third kappa shape index (κ3) is 3.08. The minimum Gasteiger partial charge on any atom is -0.478 e. The van der Waals surface area contributed by atoms with E-state index in [1.54, 1.807) is 6.07 Å². The monoisotopic (exact) mass is 328 g/mol. The van der Waals surface area contributed by atoms with Crippen LogP contribution in [0.1, 0.15) is 10.4 Å². The Morgan fingerprint density at radius 1 is 1.11 bits per heavy atom. The van der Waals surface area contributed by atoms with E-state index in [1.807, 2.05) is 0 Å².